The highest BCUT2D eigenvalue weighted by atomic mass is 16.6. The van der Waals surface area contributed by atoms with Gasteiger partial charge in [-0.3, -0.25) is 0 Å². The number of aromatic nitrogens is 2. The fourth-order valence-corrected chi connectivity index (χ4v) is 3.47. The Hall–Kier alpha value is -2.29. The predicted molar refractivity (Wildman–Crippen MR) is 99.4 cm³/mol. The number of methoxy groups -OCH3 is 1. The summed E-state index contributed by atoms with van der Waals surface area (Å²) in [4.78, 5) is 22.9. The molecule has 1 amide bonds. The maximum atomic E-state index is 11.8. The van der Waals surface area contributed by atoms with Gasteiger partial charge in [0.25, 0.3) is 0 Å². The number of hydrogen-bond acceptors (Lipinski definition) is 8. The van der Waals surface area contributed by atoms with Gasteiger partial charge >= 0.3 is 6.09 Å². The fourth-order valence-electron chi connectivity index (χ4n) is 3.47. The van der Waals surface area contributed by atoms with Crippen LogP contribution in [0.25, 0.3) is 0 Å². The van der Waals surface area contributed by atoms with Gasteiger partial charge in [0.1, 0.15) is 18.2 Å². The molecular weight excluding hydrogens is 336 g/mol. The second-order valence-electron chi connectivity index (χ2n) is 6.80. The minimum atomic E-state index is -0.411. The molecule has 3 rings (SSSR count). The number of carbonyl (C=O) groups is 1. The van der Waals surface area contributed by atoms with Crippen LogP contribution in [0.5, 0.6) is 0 Å². The first-order valence-electron chi connectivity index (χ1n) is 9.18. The van der Waals surface area contributed by atoms with Gasteiger partial charge in [-0.2, -0.15) is 9.97 Å². The molecule has 9 heteroatoms. The predicted octanol–water partition coefficient (Wildman–Crippen LogP) is 1.00. The number of fused-ring (bicyclic) bond motifs is 1. The lowest BCUT2D eigenvalue weighted by Crippen LogP contribution is -2.38. The van der Waals surface area contributed by atoms with E-state index in [1.807, 2.05) is 0 Å². The standard InChI is InChI=1S/C17H28N6O3/c1-3-11-8-13-14(19-9-11)21-16(18)22-15(13)23-5-4-12(10-23)20-17(24)26-7-6-25-2/h11-12H,3-10H2,1-2H3,(H,20,24)(H3,18,19,21,22)/t11?,12-/m1/s1. The number of nitrogen functional groups attached to an aromatic ring is 1. The molecule has 0 aliphatic carbocycles. The molecule has 1 fully saturated rings. The summed E-state index contributed by atoms with van der Waals surface area (Å²) < 4.78 is 9.95. The van der Waals surface area contributed by atoms with Crippen molar-refractivity contribution in [3.8, 4) is 0 Å². The van der Waals surface area contributed by atoms with Gasteiger partial charge in [-0.05, 0) is 18.8 Å². The van der Waals surface area contributed by atoms with Gasteiger partial charge in [-0.1, -0.05) is 13.3 Å². The first-order chi connectivity index (χ1) is 12.6. The third-order valence-electron chi connectivity index (χ3n) is 4.96. The maximum absolute atomic E-state index is 11.8. The quantitative estimate of drug-likeness (QED) is 0.641. The molecule has 0 bridgehead atoms. The van der Waals surface area contributed by atoms with Crippen LogP contribution in [0, 0.1) is 5.92 Å². The van der Waals surface area contributed by atoms with Crippen LogP contribution in [0.2, 0.25) is 0 Å². The van der Waals surface area contributed by atoms with Crippen LogP contribution >= 0.6 is 0 Å². The molecule has 1 unspecified atom stereocenters. The highest BCUT2D eigenvalue weighted by Crippen LogP contribution is 2.33. The van der Waals surface area contributed by atoms with Crippen molar-refractivity contribution in [1.82, 2.24) is 15.3 Å². The zero-order valence-electron chi connectivity index (χ0n) is 15.5. The Labute approximate surface area is 153 Å². The number of alkyl carbamates (subject to hydrolysis) is 1. The Bertz CT molecular complexity index is 641. The minimum Gasteiger partial charge on any atom is -0.447 e. The first-order valence-corrected chi connectivity index (χ1v) is 9.18. The molecule has 2 atom stereocenters. The number of nitrogens with one attached hydrogen (secondary N) is 2. The van der Waals surface area contributed by atoms with Crippen molar-refractivity contribution >= 4 is 23.7 Å². The van der Waals surface area contributed by atoms with Gasteiger partial charge in [0.15, 0.2) is 0 Å². The third-order valence-corrected chi connectivity index (χ3v) is 4.96. The number of ether oxygens (including phenoxy) is 2. The van der Waals surface area contributed by atoms with Crippen LogP contribution in [0.15, 0.2) is 0 Å². The van der Waals surface area contributed by atoms with Crippen molar-refractivity contribution in [2.24, 2.45) is 5.92 Å². The number of rotatable bonds is 6. The summed E-state index contributed by atoms with van der Waals surface area (Å²) in [5.74, 6) is 2.57. The van der Waals surface area contributed by atoms with E-state index >= 15 is 0 Å². The van der Waals surface area contributed by atoms with Crippen LogP contribution in [0.3, 0.4) is 0 Å². The Morgan fingerprint density at radius 1 is 1.42 bits per heavy atom. The van der Waals surface area contributed by atoms with Gasteiger partial charge in [-0.25, -0.2) is 4.79 Å². The van der Waals surface area contributed by atoms with E-state index in [0.717, 1.165) is 49.6 Å². The number of amides is 1. The summed E-state index contributed by atoms with van der Waals surface area (Å²) in [5, 5.41) is 6.28. The van der Waals surface area contributed by atoms with Crippen LogP contribution in [0.4, 0.5) is 22.4 Å². The summed E-state index contributed by atoms with van der Waals surface area (Å²) in [7, 11) is 1.57. The van der Waals surface area contributed by atoms with E-state index < -0.39 is 6.09 Å². The number of carbonyl (C=O) groups excluding carboxylic acids is 1. The van der Waals surface area contributed by atoms with E-state index in [-0.39, 0.29) is 18.6 Å². The van der Waals surface area contributed by atoms with E-state index in [1.165, 1.54) is 0 Å². The molecule has 0 radical (unpaired) electrons. The second-order valence-corrected chi connectivity index (χ2v) is 6.80. The van der Waals surface area contributed by atoms with Crippen molar-refractivity contribution < 1.29 is 14.3 Å². The average molecular weight is 364 g/mol. The Morgan fingerprint density at radius 3 is 3.04 bits per heavy atom. The van der Waals surface area contributed by atoms with Crippen molar-refractivity contribution in [3.05, 3.63) is 5.56 Å². The summed E-state index contributed by atoms with van der Waals surface area (Å²) in [6, 6.07) is 0.0235. The van der Waals surface area contributed by atoms with Crippen LogP contribution < -0.4 is 21.3 Å². The van der Waals surface area contributed by atoms with Crippen molar-refractivity contribution in [3.63, 3.8) is 0 Å². The first kappa shape index (κ1) is 18.5. The molecule has 4 N–H and O–H groups in total. The van der Waals surface area contributed by atoms with Gasteiger partial charge < -0.3 is 30.7 Å². The lowest BCUT2D eigenvalue weighted by Gasteiger charge is -2.29. The topological polar surface area (TPSA) is 115 Å². The number of nitrogens with two attached hydrogens (primary N) is 1. The van der Waals surface area contributed by atoms with Crippen molar-refractivity contribution in [2.75, 3.05) is 55.9 Å². The lowest BCUT2D eigenvalue weighted by molar-refractivity contribution is 0.0969. The molecule has 1 aromatic heterocycles. The largest absolute Gasteiger partial charge is 0.447 e. The summed E-state index contributed by atoms with van der Waals surface area (Å²) in [5.41, 5.74) is 7.04. The van der Waals surface area contributed by atoms with Gasteiger partial charge in [-0.15, -0.1) is 0 Å². The molecular formula is C17H28N6O3. The summed E-state index contributed by atoms with van der Waals surface area (Å²) >= 11 is 0. The molecule has 9 nitrogen and oxygen atoms in total. The van der Waals surface area contributed by atoms with Crippen LogP contribution in [-0.2, 0) is 15.9 Å². The zero-order chi connectivity index (χ0) is 18.5. The smallest absolute Gasteiger partial charge is 0.407 e. The van der Waals surface area contributed by atoms with Crippen molar-refractivity contribution in [1.29, 1.82) is 0 Å². The number of nitrogens with zero attached hydrogens (tertiary/aromatic N) is 3. The molecule has 0 saturated carbocycles. The third kappa shape index (κ3) is 4.27. The molecule has 0 spiro atoms. The monoisotopic (exact) mass is 364 g/mol. The average Bonchev–Trinajstić information content (AvgIpc) is 3.09. The lowest BCUT2D eigenvalue weighted by atomic mass is 9.94. The van der Waals surface area contributed by atoms with E-state index in [4.69, 9.17) is 15.2 Å². The molecule has 1 saturated heterocycles. The van der Waals surface area contributed by atoms with E-state index in [2.05, 4.69) is 32.4 Å². The Balaban J connectivity index is 1.65. The maximum Gasteiger partial charge on any atom is 0.407 e. The molecule has 2 aliphatic rings. The van der Waals surface area contributed by atoms with Crippen LogP contribution in [-0.4, -0.2) is 62.1 Å². The van der Waals surface area contributed by atoms with E-state index in [0.29, 0.717) is 19.1 Å². The Kier molecular flexibility index (Phi) is 5.97. The van der Waals surface area contributed by atoms with Crippen molar-refractivity contribution in [2.45, 2.75) is 32.2 Å². The molecule has 1 aromatic rings. The van der Waals surface area contributed by atoms with Gasteiger partial charge in [0.2, 0.25) is 5.95 Å². The molecule has 144 valence electrons. The Morgan fingerprint density at radius 2 is 2.27 bits per heavy atom. The van der Waals surface area contributed by atoms with Gasteiger partial charge in [0.05, 0.1) is 12.6 Å². The minimum absolute atomic E-state index is 0.0235. The number of hydrogen-bond donors (Lipinski definition) is 3. The van der Waals surface area contributed by atoms with E-state index in [1.54, 1.807) is 7.11 Å². The molecule has 0 aromatic carbocycles. The second kappa shape index (κ2) is 8.39. The summed E-state index contributed by atoms with van der Waals surface area (Å²) in [6.45, 7) is 5.24. The SMILES string of the molecule is CCC1CNc2nc(N)nc(N3CC[C@@H](NC(=O)OCCOC)C3)c2C1. The molecule has 3 heterocycles. The van der Waals surface area contributed by atoms with E-state index in [9.17, 15) is 4.79 Å². The highest BCUT2D eigenvalue weighted by Gasteiger charge is 2.30. The number of anilines is 3. The fraction of sp³-hybridized carbons (Fsp3) is 0.706. The normalized spacial score (nSPS) is 21.8. The summed E-state index contributed by atoms with van der Waals surface area (Å²) in [6.07, 6.45) is 2.48. The van der Waals surface area contributed by atoms with Gasteiger partial charge in [0, 0.05) is 32.3 Å². The molecule has 26 heavy (non-hydrogen) atoms. The highest BCUT2D eigenvalue weighted by molar-refractivity contribution is 5.68. The zero-order valence-corrected chi connectivity index (χ0v) is 15.5. The molecule has 2 aliphatic heterocycles. The van der Waals surface area contributed by atoms with Crippen LogP contribution in [0.1, 0.15) is 25.3 Å².